The van der Waals surface area contributed by atoms with Gasteiger partial charge in [0.2, 0.25) is 0 Å². The third-order valence-corrected chi connectivity index (χ3v) is 2.26. The standard InChI is InChI=1S/C8H12O.2W/c1-5-8(4)9-6-7(2)3;;/h1,4-5,7H,6H2,2-3H3;;/b8-5+;;. The molecule has 0 saturated heterocycles. The number of ether oxygens (including phenoxy) is 1. The third kappa shape index (κ3) is 7.03. The fourth-order valence-electron chi connectivity index (χ4n) is 0.451. The summed E-state index contributed by atoms with van der Waals surface area (Å²) < 4.78 is 9.65. The predicted octanol–water partition coefficient (Wildman–Crippen LogP) is 1.24. The Morgan fingerprint density at radius 3 is 2.45 bits per heavy atom. The van der Waals surface area contributed by atoms with Gasteiger partial charge < -0.3 is 0 Å². The van der Waals surface area contributed by atoms with Crippen molar-refractivity contribution in [1.29, 1.82) is 0 Å². The normalized spacial score (nSPS) is 11.4. The van der Waals surface area contributed by atoms with Crippen LogP contribution in [0.5, 0.6) is 0 Å². The Labute approximate surface area is 90.0 Å². The van der Waals surface area contributed by atoms with Gasteiger partial charge in [-0.25, -0.2) is 0 Å². The molecule has 0 bridgehead atoms. The Morgan fingerprint density at radius 1 is 1.45 bits per heavy atom. The van der Waals surface area contributed by atoms with Gasteiger partial charge in [0.1, 0.15) is 0 Å². The summed E-state index contributed by atoms with van der Waals surface area (Å²) in [6.07, 6.45) is 2.03. The van der Waals surface area contributed by atoms with E-state index in [0.29, 0.717) is 5.92 Å². The van der Waals surface area contributed by atoms with E-state index in [2.05, 4.69) is 22.6 Å². The van der Waals surface area contributed by atoms with Crippen LogP contribution in [0.15, 0.2) is 11.8 Å². The second-order valence-electron chi connectivity index (χ2n) is 2.53. The summed E-state index contributed by atoms with van der Waals surface area (Å²) in [6.45, 7) is 5.13. The molecular weight excluding hydrogens is 480 g/mol. The van der Waals surface area contributed by atoms with Crippen LogP contribution in [0.1, 0.15) is 13.8 Å². The van der Waals surface area contributed by atoms with Crippen LogP contribution < -0.4 is 0 Å². The monoisotopic (exact) mass is 492 g/mol. The summed E-state index contributed by atoms with van der Waals surface area (Å²) in [7, 11) is 0. The molecule has 0 rings (SSSR count). The Balaban J connectivity index is 3.79. The van der Waals surface area contributed by atoms with Gasteiger partial charge in [-0.3, -0.25) is 0 Å². The first kappa shape index (κ1) is 11.7. The van der Waals surface area contributed by atoms with Crippen molar-refractivity contribution in [3.63, 3.8) is 0 Å². The van der Waals surface area contributed by atoms with Gasteiger partial charge in [0.05, 0.1) is 0 Å². The first-order valence-corrected chi connectivity index (χ1v) is 6.83. The summed E-state index contributed by atoms with van der Waals surface area (Å²) in [5.41, 5.74) is 0. The van der Waals surface area contributed by atoms with E-state index >= 15 is 0 Å². The van der Waals surface area contributed by atoms with E-state index in [1.165, 1.54) is 38.7 Å². The fraction of sp³-hybridized carbons (Fsp3) is 0.500. The summed E-state index contributed by atoms with van der Waals surface area (Å²) >= 11 is 2.90. The molecular formula is C8H12OW2. The molecule has 0 radical (unpaired) electrons. The number of allylic oxidation sites excluding steroid dienone is 2. The molecule has 0 saturated carbocycles. The summed E-state index contributed by atoms with van der Waals surface area (Å²) in [5.74, 6) is 1.63. The van der Waals surface area contributed by atoms with Gasteiger partial charge >= 0.3 is 90.5 Å². The van der Waals surface area contributed by atoms with Crippen LogP contribution >= 0.6 is 0 Å². The molecule has 0 aliphatic carbocycles. The maximum atomic E-state index is 5.50. The molecule has 0 aromatic carbocycles. The summed E-state index contributed by atoms with van der Waals surface area (Å²) in [6, 6.07) is 0. The molecule has 0 atom stereocenters. The van der Waals surface area contributed by atoms with Crippen molar-refractivity contribution >= 4 is 8.80 Å². The zero-order valence-electron chi connectivity index (χ0n) is 6.74. The molecule has 0 amide bonds. The molecule has 0 unspecified atom stereocenters. The Hall–Kier alpha value is 0.657. The Bertz CT molecular complexity index is 161. The third-order valence-electron chi connectivity index (χ3n) is 0.932. The number of rotatable bonds is 5. The molecule has 0 fully saturated rings. The number of hydrogen-bond acceptors (Lipinski definition) is 1. The van der Waals surface area contributed by atoms with Crippen LogP contribution in [-0.4, -0.2) is 15.4 Å². The van der Waals surface area contributed by atoms with E-state index in [9.17, 15) is 0 Å². The zero-order valence-corrected chi connectivity index (χ0v) is 12.6. The van der Waals surface area contributed by atoms with Crippen molar-refractivity contribution in [3.05, 3.63) is 11.8 Å². The first-order chi connectivity index (χ1) is 5.20. The molecule has 3 heteroatoms. The fourth-order valence-corrected chi connectivity index (χ4v) is 1.46. The van der Waals surface area contributed by atoms with Crippen LogP contribution in [0, 0.1) is 5.92 Å². The van der Waals surface area contributed by atoms with E-state index in [-0.39, 0.29) is 0 Å². The van der Waals surface area contributed by atoms with Crippen LogP contribution in [0.2, 0.25) is 0 Å². The van der Waals surface area contributed by atoms with Crippen molar-refractivity contribution in [1.82, 2.24) is 0 Å². The molecule has 0 aromatic heterocycles. The second kappa shape index (κ2) is 7.31. The zero-order chi connectivity index (χ0) is 8.69. The molecule has 0 aromatic rings. The van der Waals surface area contributed by atoms with Crippen LogP contribution in [0.3, 0.4) is 0 Å². The Morgan fingerprint density at radius 2 is 2.09 bits per heavy atom. The van der Waals surface area contributed by atoms with E-state index < -0.39 is 0 Å². The van der Waals surface area contributed by atoms with Crippen molar-refractivity contribution in [3.8, 4) is 0 Å². The minimum absolute atomic E-state index is 0.609. The van der Waals surface area contributed by atoms with Gasteiger partial charge in [-0.05, 0) is 0 Å². The van der Waals surface area contributed by atoms with Crippen molar-refractivity contribution < 1.29 is 43.4 Å². The molecule has 11 heavy (non-hydrogen) atoms. The van der Waals surface area contributed by atoms with E-state index in [0.717, 1.165) is 12.4 Å². The van der Waals surface area contributed by atoms with Gasteiger partial charge in [-0.15, -0.1) is 0 Å². The van der Waals surface area contributed by atoms with Gasteiger partial charge in [0.25, 0.3) is 0 Å². The molecule has 1 nitrogen and oxygen atoms in total. The van der Waals surface area contributed by atoms with Crippen LogP contribution in [0.4, 0.5) is 0 Å². The molecule has 0 spiro atoms. The van der Waals surface area contributed by atoms with E-state index in [4.69, 9.17) is 4.74 Å². The average Bonchev–Trinajstić information content (AvgIpc) is 1.97. The number of hydrogen-bond donors (Lipinski definition) is 0. The summed E-state index contributed by atoms with van der Waals surface area (Å²) in [5, 5.41) is 0. The van der Waals surface area contributed by atoms with Gasteiger partial charge in [-0.1, -0.05) is 0 Å². The minimum atomic E-state index is 0.609. The second-order valence-corrected chi connectivity index (χ2v) is 4.35. The van der Waals surface area contributed by atoms with Crippen LogP contribution in [-0.2, 0) is 43.4 Å². The summed E-state index contributed by atoms with van der Waals surface area (Å²) in [4.78, 5) is 0. The molecule has 0 aliphatic rings. The van der Waals surface area contributed by atoms with E-state index in [1.807, 2.05) is 6.08 Å². The predicted molar refractivity (Wildman–Crippen MR) is 41.0 cm³/mol. The SMILES string of the molecule is CC(C)CO/C([CH]=[W])=C/[CH]=[W]. The maximum absolute atomic E-state index is 5.50. The van der Waals surface area contributed by atoms with Crippen molar-refractivity contribution in [2.24, 2.45) is 5.92 Å². The topological polar surface area (TPSA) is 9.23 Å². The molecule has 0 N–H and O–H groups in total. The molecule has 0 aliphatic heterocycles. The van der Waals surface area contributed by atoms with Gasteiger partial charge in [-0.2, -0.15) is 0 Å². The van der Waals surface area contributed by atoms with Crippen LogP contribution in [0.25, 0.3) is 0 Å². The molecule has 62 valence electrons. The average molecular weight is 492 g/mol. The van der Waals surface area contributed by atoms with Gasteiger partial charge in [0.15, 0.2) is 0 Å². The van der Waals surface area contributed by atoms with E-state index in [1.54, 1.807) is 0 Å². The molecule has 0 heterocycles. The van der Waals surface area contributed by atoms with Crippen molar-refractivity contribution in [2.75, 3.05) is 6.61 Å². The first-order valence-electron chi connectivity index (χ1n) is 3.44. The van der Waals surface area contributed by atoms with Gasteiger partial charge in [0, 0.05) is 0 Å². The quantitative estimate of drug-likeness (QED) is 0.526. The van der Waals surface area contributed by atoms with Crippen molar-refractivity contribution in [2.45, 2.75) is 13.8 Å². The Kier molecular flexibility index (Phi) is 7.75.